The third-order valence-electron chi connectivity index (χ3n) is 5.28. The number of anilines is 1. The summed E-state index contributed by atoms with van der Waals surface area (Å²) in [6.07, 6.45) is 6.26. The first-order chi connectivity index (χ1) is 12.7. The van der Waals surface area contributed by atoms with E-state index >= 15 is 0 Å². The zero-order valence-electron chi connectivity index (χ0n) is 14.6. The number of nitrogens with zero attached hydrogens (tertiary/aromatic N) is 1. The molecule has 1 saturated heterocycles. The minimum absolute atomic E-state index is 0.0917. The molecule has 0 aromatic carbocycles. The van der Waals surface area contributed by atoms with Crippen LogP contribution in [-0.4, -0.2) is 41.9 Å². The number of carbonyl (C=O) groups excluding carboxylic acids is 2. The number of likely N-dealkylation sites (tertiary alicyclic amines) is 1. The van der Waals surface area contributed by atoms with Gasteiger partial charge in [0.2, 0.25) is 0 Å². The van der Waals surface area contributed by atoms with Crippen molar-refractivity contribution in [3.8, 4) is 0 Å². The maximum atomic E-state index is 12.7. The van der Waals surface area contributed by atoms with Crippen LogP contribution < -0.4 is 10.6 Å². The first kappa shape index (κ1) is 17.7. The Balaban J connectivity index is 1.35. The maximum absolute atomic E-state index is 12.7. The average molecular weight is 390 g/mol. The summed E-state index contributed by atoms with van der Waals surface area (Å²) in [5.41, 5.74) is 0.555. The largest absolute Gasteiger partial charge is 0.348 e. The topological polar surface area (TPSA) is 61.4 Å². The lowest BCUT2D eigenvalue weighted by Gasteiger charge is -2.23. The highest BCUT2D eigenvalue weighted by atomic mass is 32.1. The van der Waals surface area contributed by atoms with E-state index in [1.807, 2.05) is 16.8 Å². The predicted octanol–water partition coefficient (Wildman–Crippen LogP) is 3.81. The molecule has 2 aliphatic rings. The van der Waals surface area contributed by atoms with Crippen LogP contribution in [0.25, 0.3) is 0 Å². The van der Waals surface area contributed by atoms with Gasteiger partial charge in [0.1, 0.15) is 5.00 Å². The van der Waals surface area contributed by atoms with Crippen molar-refractivity contribution in [2.45, 2.75) is 44.2 Å². The number of carbonyl (C=O) groups is 2. The Morgan fingerprint density at radius 1 is 1.04 bits per heavy atom. The molecule has 2 N–H and O–H groups in total. The van der Waals surface area contributed by atoms with Crippen molar-refractivity contribution >= 4 is 39.5 Å². The van der Waals surface area contributed by atoms with Gasteiger partial charge < -0.3 is 10.6 Å². The van der Waals surface area contributed by atoms with E-state index in [0.717, 1.165) is 19.5 Å². The summed E-state index contributed by atoms with van der Waals surface area (Å²) in [5.74, 6) is -0.254. The quantitative estimate of drug-likeness (QED) is 0.817. The molecule has 4 rings (SSSR count). The molecule has 2 aromatic heterocycles. The number of hydrogen-bond donors (Lipinski definition) is 2. The third-order valence-corrected chi connectivity index (χ3v) is 6.98. The van der Waals surface area contributed by atoms with Crippen molar-refractivity contribution in [1.82, 2.24) is 10.2 Å². The van der Waals surface area contributed by atoms with Gasteiger partial charge in [-0.25, -0.2) is 0 Å². The molecule has 1 atom stereocenters. The van der Waals surface area contributed by atoms with E-state index in [4.69, 9.17) is 0 Å². The SMILES string of the molecule is O=C(Nc1sccc1C(=O)NC1CCN(C2CCCC2)C1)c1cccs1. The molecule has 26 heavy (non-hydrogen) atoms. The average Bonchev–Trinajstić information content (AvgIpc) is 3.39. The van der Waals surface area contributed by atoms with Crippen LogP contribution in [0.2, 0.25) is 0 Å². The molecule has 1 aliphatic heterocycles. The van der Waals surface area contributed by atoms with Crippen LogP contribution in [-0.2, 0) is 0 Å². The van der Waals surface area contributed by atoms with Crippen LogP contribution in [0.1, 0.15) is 52.1 Å². The van der Waals surface area contributed by atoms with Gasteiger partial charge in [0.15, 0.2) is 0 Å². The number of nitrogens with one attached hydrogen (secondary N) is 2. The molecule has 5 nitrogen and oxygen atoms in total. The number of hydrogen-bond acceptors (Lipinski definition) is 5. The van der Waals surface area contributed by atoms with Gasteiger partial charge in [-0.3, -0.25) is 14.5 Å². The highest BCUT2D eigenvalue weighted by Crippen LogP contribution is 2.28. The van der Waals surface area contributed by atoms with Gasteiger partial charge in [-0.2, -0.15) is 0 Å². The fraction of sp³-hybridized carbons (Fsp3) is 0.474. The summed E-state index contributed by atoms with van der Waals surface area (Å²) in [6.45, 7) is 2.01. The highest BCUT2D eigenvalue weighted by Gasteiger charge is 2.31. The van der Waals surface area contributed by atoms with Crippen molar-refractivity contribution in [2.75, 3.05) is 18.4 Å². The van der Waals surface area contributed by atoms with Crippen LogP contribution in [0.15, 0.2) is 29.0 Å². The van der Waals surface area contributed by atoms with Crippen LogP contribution in [0.4, 0.5) is 5.00 Å². The Labute approximate surface area is 161 Å². The molecule has 3 heterocycles. The minimum Gasteiger partial charge on any atom is -0.348 e. The molecule has 2 aromatic rings. The van der Waals surface area contributed by atoms with Crippen molar-refractivity contribution in [1.29, 1.82) is 0 Å². The van der Waals surface area contributed by atoms with Crippen LogP contribution in [0, 0.1) is 0 Å². The summed E-state index contributed by atoms with van der Waals surface area (Å²) in [6, 6.07) is 6.32. The molecule has 1 saturated carbocycles. The van der Waals surface area contributed by atoms with Gasteiger partial charge in [0, 0.05) is 25.2 Å². The van der Waals surface area contributed by atoms with Gasteiger partial charge in [0.25, 0.3) is 11.8 Å². The lowest BCUT2D eigenvalue weighted by molar-refractivity contribution is 0.0937. The number of amides is 2. The number of rotatable bonds is 5. The van der Waals surface area contributed by atoms with E-state index in [2.05, 4.69) is 15.5 Å². The van der Waals surface area contributed by atoms with Crippen LogP contribution >= 0.6 is 22.7 Å². The Bertz CT molecular complexity index is 766. The highest BCUT2D eigenvalue weighted by molar-refractivity contribution is 7.15. The first-order valence-electron chi connectivity index (χ1n) is 9.18. The second-order valence-electron chi connectivity index (χ2n) is 6.99. The van der Waals surface area contributed by atoms with E-state index in [1.54, 1.807) is 12.1 Å². The van der Waals surface area contributed by atoms with Gasteiger partial charge in [-0.05, 0) is 42.2 Å². The molecular formula is C19H23N3O2S2. The van der Waals surface area contributed by atoms with Crippen molar-refractivity contribution < 1.29 is 9.59 Å². The van der Waals surface area contributed by atoms with E-state index in [-0.39, 0.29) is 17.9 Å². The Kier molecular flexibility index (Phi) is 5.38. The van der Waals surface area contributed by atoms with Crippen molar-refractivity contribution in [3.63, 3.8) is 0 Å². The summed E-state index contributed by atoms with van der Waals surface area (Å²) in [7, 11) is 0. The molecule has 0 radical (unpaired) electrons. The minimum atomic E-state index is -0.162. The van der Waals surface area contributed by atoms with Gasteiger partial charge in [-0.1, -0.05) is 18.9 Å². The van der Waals surface area contributed by atoms with E-state index in [0.29, 0.717) is 21.5 Å². The van der Waals surface area contributed by atoms with Crippen LogP contribution in [0.3, 0.4) is 0 Å². The summed E-state index contributed by atoms with van der Waals surface area (Å²) in [4.78, 5) is 28.1. The fourth-order valence-electron chi connectivity index (χ4n) is 3.93. The Hall–Kier alpha value is -1.70. The zero-order valence-corrected chi connectivity index (χ0v) is 16.2. The second kappa shape index (κ2) is 7.90. The Morgan fingerprint density at radius 2 is 1.88 bits per heavy atom. The normalized spacial score (nSPS) is 21.2. The molecule has 0 bridgehead atoms. The number of thiophene rings is 2. The van der Waals surface area contributed by atoms with Gasteiger partial charge in [0.05, 0.1) is 10.4 Å². The molecule has 1 aliphatic carbocycles. The summed E-state index contributed by atoms with van der Waals surface area (Å²) < 4.78 is 0. The molecule has 1 unspecified atom stereocenters. The third kappa shape index (κ3) is 3.84. The first-order valence-corrected chi connectivity index (χ1v) is 10.9. The lowest BCUT2D eigenvalue weighted by Crippen LogP contribution is -2.39. The van der Waals surface area contributed by atoms with E-state index in [1.165, 1.54) is 48.4 Å². The zero-order chi connectivity index (χ0) is 17.9. The second-order valence-corrected chi connectivity index (χ2v) is 8.85. The summed E-state index contributed by atoms with van der Waals surface area (Å²) >= 11 is 2.78. The standard InChI is InChI=1S/C19H23N3O2S2/c23-17(20-13-7-9-22(12-13)14-4-1-2-5-14)15-8-11-26-19(15)21-18(24)16-6-3-10-25-16/h3,6,8,10-11,13-14H,1-2,4-5,7,9,12H2,(H,20,23)(H,21,24). The van der Waals surface area contributed by atoms with Gasteiger partial charge >= 0.3 is 0 Å². The predicted molar refractivity (Wildman–Crippen MR) is 106 cm³/mol. The molecule has 2 amide bonds. The van der Waals surface area contributed by atoms with E-state index < -0.39 is 0 Å². The molecular weight excluding hydrogens is 366 g/mol. The van der Waals surface area contributed by atoms with Gasteiger partial charge in [-0.15, -0.1) is 22.7 Å². The fourth-order valence-corrected chi connectivity index (χ4v) is 5.33. The maximum Gasteiger partial charge on any atom is 0.266 e. The Morgan fingerprint density at radius 3 is 2.65 bits per heavy atom. The summed E-state index contributed by atoms with van der Waals surface area (Å²) in [5, 5.41) is 10.4. The smallest absolute Gasteiger partial charge is 0.266 e. The lowest BCUT2D eigenvalue weighted by atomic mass is 10.2. The van der Waals surface area contributed by atoms with Crippen LogP contribution in [0.5, 0.6) is 0 Å². The molecule has 0 spiro atoms. The molecule has 138 valence electrons. The van der Waals surface area contributed by atoms with Crippen molar-refractivity contribution in [3.05, 3.63) is 39.4 Å². The van der Waals surface area contributed by atoms with E-state index in [9.17, 15) is 9.59 Å². The monoisotopic (exact) mass is 389 g/mol. The molecule has 7 heteroatoms. The molecule has 2 fully saturated rings. The van der Waals surface area contributed by atoms with Crippen molar-refractivity contribution in [2.24, 2.45) is 0 Å².